The summed E-state index contributed by atoms with van der Waals surface area (Å²) in [6, 6.07) is 15.2. The van der Waals surface area contributed by atoms with Crippen LogP contribution in [0.3, 0.4) is 0 Å². The zero-order valence-electron chi connectivity index (χ0n) is 15.0. The number of thiophene rings is 1. The van der Waals surface area contributed by atoms with E-state index in [4.69, 9.17) is 4.99 Å². The van der Waals surface area contributed by atoms with Gasteiger partial charge in [0.05, 0.1) is 12.6 Å². The lowest BCUT2D eigenvalue weighted by molar-refractivity contribution is 0.298. The molecule has 0 fully saturated rings. The molecule has 0 aliphatic carbocycles. The van der Waals surface area contributed by atoms with Crippen LogP contribution in [0.1, 0.15) is 28.3 Å². The van der Waals surface area contributed by atoms with Gasteiger partial charge in [0.1, 0.15) is 0 Å². The third-order valence-electron chi connectivity index (χ3n) is 3.80. The standard InChI is InChI=1S/C19H28N4S/c1-5-20-19(21-13-17-12-11-15(2)24-17)22-14-18(23(3)4)16-9-7-6-8-10-16/h6-12,18H,5,13-14H2,1-4H3,(H2,20,21,22). The number of benzene rings is 1. The first-order valence-electron chi connectivity index (χ1n) is 8.39. The lowest BCUT2D eigenvalue weighted by Crippen LogP contribution is -2.41. The third-order valence-corrected chi connectivity index (χ3v) is 4.79. The molecule has 0 aliphatic heterocycles. The maximum Gasteiger partial charge on any atom is 0.191 e. The third kappa shape index (κ3) is 5.65. The van der Waals surface area contributed by atoms with Crippen LogP contribution in [-0.4, -0.2) is 38.0 Å². The van der Waals surface area contributed by atoms with Crippen molar-refractivity contribution in [3.05, 3.63) is 57.8 Å². The highest BCUT2D eigenvalue weighted by Crippen LogP contribution is 2.17. The topological polar surface area (TPSA) is 39.7 Å². The van der Waals surface area contributed by atoms with E-state index >= 15 is 0 Å². The number of aliphatic imine (C=N–C) groups is 1. The predicted molar refractivity (Wildman–Crippen MR) is 105 cm³/mol. The van der Waals surface area contributed by atoms with Crippen molar-refractivity contribution in [3.8, 4) is 0 Å². The van der Waals surface area contributed by atoms with E-state index in [-0.39, 0.29) is 0 Å². The van der Waals surface area contributed by atoms with E-state index in [1.165, 1.54) is 15.3 Å². The molecule has 0 amide bonds. The van der Waals surface area contributed by atoms with Crippen LogP contribution in [0.5, 0.6) is 0 Å². The summed E-state index contributed by atoms with van der Waals surface area (Å²) in [4.78, 5) is 9.56. The molecule has 0 bridgehead atoms. The van der Waals surface area contributed by atoms with Gasteiger partial charge in [0.2, 0.25) is 0 Å². The highest BCUT2D eigenvalue weighted by atomic mass is 32.1. The second-order valence-corrected chi connectivity index (χ2v) is 7.35. The van der Waals surface area contributed by atoms with Gasteiger partial charge in [-0.25, -0.2) is 4.99 Å². The van der Waals surface area contributed by atoms with Gasteiger partial charge in [-0.2, -0.15) is 0 Å². The summed E-state index contributed by atoms with van der Waals surface area (Å²) in [6.07, 6.45) is 0. The number of aryl methyl sites for hydroxylation is 1. The number of hydrogen-bond acceptors (Lipinski definition) is 3. The normalized spacial score (nSPS) is 13.1. The van der Waals surface area contributed by atoms with Crippen LogP contribution in [0.25, 0.3) is 0 Å². The van der Waals surface area contributed by atoms with Crippen molar-refractivity contribution in [2.45, 2.75) is 26.4 Å². The minimum Gasteiger partial charge on any atom is -0.357 e. The maximum atomic E-state index is 4.71. The Labute approximate surface area is 149 Å². The minimum atomic E-state index is 0.305. The van der Waals surface area contributed by atoms with Crippen LogP contribution in [-0.2, 0) is 6.54 Å². The van der Waals surface area contributed by atoms with Crippen LogP contribution in [0, 0.1) is 6.92 Å². The molecular weight excluding hydrogens is 316 g/mol. The first kappa shape index (κ1) is 18.5. The molecule has 2 rings (SSSR count). The fourth-order valence-corrected chi connectivity index (χ4v) is 3.35. The number of hydrogen-bond donors (Lipinski definition) is 2. The second kappa shape index (κ2) is 9.45. The van der Waals surface area contributed by atoms with Gasteiger partial charge in [-0.1, -0.05) is 30.3 Å². The minimum absolute atomic E-state index is 0.305. The van der Waals surface area contributed by atoms with Crippen LogP contribution in [0.4, 0.5) is 0 Å². The van der Waals surface area contributed by atoms with Crippen molar-refractivity contribution >= 4 is 17.3 Å². The monoisotopic (exact) mass is 344 g/mol. The van der Waals surface area contributed by atoms with Crippen LogP contribution in [0.2, 0.25) is 0 Å². The highest BCUT2D eigenvalue weighted by molar-refractivity contribution is 7.11. The van der Waals surface area contributed by atoms with E-state index in [9.17, 15) is 0 Å². The van der Waals surface area contributed by atoms with Gasteiger partial charge in [-0.15, -0.1) is 11.3 Å². The lowest BCUT2D eigenvalue weighted by Gasteiger charge is -2.26. The van der Waals surface area contributed by atoms with Crippen LogP contribution >= 0.6 is 11.3 Å². The summed E-state index contributed by atoms with van der Waals surface area (Å²) in [5, 5.41) is 6.81. The van der Waals surface area contributed by atoms with Gasteiger partial charge < -0.3 is 15.5 Å². The first-order chi connectivity index (χ1) is 11.6. The first-order valence-corrected chi connectivity index (χ1v) is 9.20. The van der Waals surface area contributed by atoms with E-state index in [1.54, 1.807) is 11.3 Å². The van der Waals surface area contributed by atoms with E-state index < -0.39 is 0 Å². The summed E-state index contributed by atoms with van der Waals surface area (Å²) in [7, 11) is 4.22. The smallest absolute Gasteiger partial charge is 0.191 e. The van der Waals surface area contributed by atoms with Gasteiger partial charge in [-0.05, 0) is 45.6 Å². The SMILES string of the molecule is CCNC(=NCc1ccc(C)s1)NCC(c1ccccc1)N(C)C. The number of nitrogens with zero attached hydrogens (tertiary/aromatic N) is 2. The Bertz CT molecular complexity index is 634. The molecule has 5 heteroatoms. The fraction of sp³-hybridized carbons (Fsp3) is 0.421. The summed E-state index contributed by atoms with van der Waals surface area (Å²) in [5.41, 5.74) is 1.31. The van der Waals surface area contributed by atoms with Crippen molar-refractivity contribution in [2.75, 3.05) is 27.2 Å². The quantitative estimate of drug-likeness (QED) is 0.597. The lowest BCUT2D eigenvalue weighted by atomic mass is 10.1. The molecule has 0 radical (unpaired) electrons. The molecule has 0 saturated heterocycles. The number of likely N-dealkylation sites (N-methyl/N-ethyl adjacent to an activating group) is 1. The van der Waals surface area contributed by atoms with E-state index in [2.05, 4.69) is 85.9 Å². The number of nitrogens with one attached hydrogen (secondary N) is 2. The molecule has 24 heavy (non-hydrogen) atoms. The highest BCUT2D eigenvalue weighted by Gasteiger charge is 2.14. The predicted octanol–water partition coefficient (Wildman–Crippen LogP) is 3.41. The Morgan fingerprint density at radius 1 is 1.12 bits per heavy atom. The average molecular weight is 345 g/mol. The molecule has 4 nitrogen and oxygen atoms in total. The van der Waals surface area contributed by atoms with Crippen molar-refractivity contribution in [1.29, 1.82) is 0 Å². The molecule has 0 aliphatic rings. The van der Waals surface area contributed by atoms with Crippen molar-refractivity contribution < 1.29 is 0 Å². The Kier molecular flexibility index (Phi) is 7.28. The molecule has 1 atom stereocenters. The summed E-state index contributed by atoms with van der Waals surface area (Å²) >= 11 is 1.80. The largest absolute Gasteiger partial charge is 0.357 e. The molecule has 2 N–H and O–H groups in total. The molecule has 2 aromatic rings. The van der Waals surface area contributed by atoms with Crippen LogP contribution in [0.15, 0.2) is 47.5 Å². The van der Waals surface area contributed by atoms with Gasteiger partial charge >= 0.3 is 0 Å². The Balaban J connectivity index is 2.00. The summed E-state index contributed by atoms with van der Waals surface area (Å²) < 4.78 is 0. The van der Waals surface area contributed by atoms with E-state index in [0.29, 0.717) is 12.6 Å². The van der Waals surface area contributed by atoms with Gasteiger partial charge in [0.15, 0.2) is 5.96 Å². The van der Waals surface area contributed by atoms with Crippen molar-refractivity contribution in [2.24, 2.45) is 4.99 Å². The second-order valence-electron chi connectivity index (χ2n) is 5.98. The number of rotatable bonds is 7. The fourth-order valence-electron chi connectivity index (χ4n) is 2.54. The van der Waals surface area contributed by atoms with E-state index in [1.807, 2.05) is 0 Å². The summed E-state index contributed by atoms with van der Waals surface area (Å²) in [6.45, 7) is 6.60. The Morgan fingerprint density at radius 3 is 2.46 bits per heavy atom. The zero-order chi connectivity index (χ0) is 17.4. The maximum absolute atomic E-state index is 4.71. The Morgan fingerprint density at radius 2 is 1.88 bits per heavy atom. The summed E-state index contributed by atoms with van der Waals surface area (Å²) in [5.74, 6) is 0.867. The molecule has 1 unspecified atom stereocenters. The number of guanidine groups is 1. The molecule has 130 valence electrons. The van der Waals surface area contributed by atoms with Gasteiger partial charge in [0.25, 0.3) is 0 Å². The Hall–Kier alpha value is -1.85. The van der Waals surface area contributed by atoms with Crippen LogP contribution < -0.4 is 10.6 Å². The van der Waals surface area contributed by atoms with Gasteiger partial charge in [0, 0.05) is 22.8 Å². The van der Waals surface area contributed by atoms with Crippen molar-refractivity contribution in [3.63, 3.8) is 0 Å². The molecular formula is C19H28N4S. The molecule has 1 heterocycles. The van der Waals surface area contributed by atoms with Gasteiger partial charge in [-0.3, -0.25) is 0 Å². The molecule has 1 aromatic heterocycles. The molecule has 1 aromatic carbocycles. The average Bonchev–Trinajstić information content (AvgIpc) is 2.99. The van der Waals surface area contributed by atoms with Crippen molar-refractivity contribution in [1.82, 2.24) is 15.5 Å². The molecule has 0 spiro atoms. The van der Waals surface area contributed by atoms with E-state index in [0.717, 1.165) is 19.0 Å². The molecule has 0 saturated carbocycles. The zero-order valence-corrected chi connectivity index (χ0v) is 15.9.